The summed E-state index contributed by atoms with van der Waals surface area (Å²) in [7, 11) is -6.18. The van der Waals surface area contributed by atoms with Gasteiger partial charge in [0.25, 0.3) is 0 Å². The van der Waals surface area contributed by atoms with Crippen molar-refractivity contribution in [2.45, 2.75) is 16.3 Å². The second-order valence-corrected chi connectivity index (χ2v) is 6.74. The molecule has 0 aliphatic carbocycles. The minimum atomic E-state index is -5.92. The Hall–Kier alpha value is -0.830. The molecule has 9 heteroatoms. The fourth-order valence-corrected chi connectivity index (χ4v) is 3.51. The molecule has 0 radical (unpaired) electrons. The molecule has 0 heterocycles. The third kappa shape index (κ3) is 3.32. The van der Waals surface area contributed by atoms with E-state index >= 15 is 0 Å². The standard InChI is InChI=1S/C8H5F5O2S2/c9-7(10,11)8(12,13)16-17(14,15)6-4-2-1-3-5-6/h1-5H. The van der Waals surface area contributed by atoms with E-state index in [9.17, 15) is 30.4 Å². The lowest BCUT2D eigenvalue weighted by Gasteiger charge is -2.18. The first kappa shape index (κ1) is 14.2. The highest BCUT2D eigenvalue weighted by Crippen LogP contribution is 2.48. The molecule has 0 aromatic heterocycles. The van der Waals surface area contributed by atoms with Gasteiger partial charge in [-0.3, -0.25) is 0 Å². The molecule has 0 amide bonds. The molecule has 1 rings (SSSR count). The predicted octanol–water partition coefficient (Wildman–Crippen LogP) is 3.26. The molecule has 0 aliphatic rings. The molecule has 0 atom stereocenters. The Morgan fingerprint density at radius 3 is 1.82 bits per heavy atom. The van der Waals surface area contributed by atoms with Gasteiger partial charge in [0.15, 0.2) is 0 Å². The third-order valence-electron chi connectivity index (χ3n) is 1.58. The summed E-state index contributed by atoms with van der Waals surface area (Å²) in [5, 5.41) is -5.35. The highest BCUT2D eigenvalue weighted by atomic mass is 33.1. The number of benzene rings is 1. The van der Waals surface area contributed by atoms with E-state index in [1.807, 2.05) is 0 Å². The summed E-state index contributed by atoms with van der Waals surface area (Å²) in [6, 6.07) is 5.73. The number of hydrogen-bond acceptors (Lipinski definition) is 3. The molecule has 1 aromatic carbocycles. The highest BCUT2D eigenvalue weighted by molar-refractivity contribution is 8.72. The van der Waals surface area contributed by atoms with Crippen LogP contribution in [0, 0.1) is 0 Å². The molecule has 0 saturated carbocycles. The largest absolute Gasteiger partial charge is 0.465 e. The van der Waals surface area contributed by atoms with Crippen LogP contribution < -0.4 is 0 Å². The molecule has 0 bridgehead atoms. The molecule has 0 spiro atoms. The van der Waals surface area contributed by atoms with E-state index in [-0.39, 0.29) is 0 Å². The Kier molecular flexibility index (Phi) is 3.72. The van der Waals surface area contributed by atoms with Gasteiger partial charge in [0.2, 0.25) is 8.87 Å². The number of rotatable bonds is 3. The molecule has 96 valence electrons. The maximum absolute atomic E-state index is 12.6. The van der Waals surface area contributed by atoms with Crippen molar-refractivity contribution in [3.63, 3.8) is 0 Å². The summed E-state index contributed by atoms with van der Waals surface area (Å²) in [5.74, 6) is 0. The lowest BCUT2D eigenvalue weighted by atomic mass is 10.4. The van der Waals surface area contributed by atoms with Gasteiger partial charge in [0, 0.05) is 0 Å². The van der Waals surface area contributed by atoms with E-state index in [1.165, 1.54) is 18.2 Å². The fraction of sp³-hybridized carbons (Fsp3) is 0.250. The average molecular weight is 292 g/mol. The Labute approximate surface area is 97.1 Å². The van der Waals surface area contributed by atoms with Crippen LogP contribution in [0.25, 0.3) is 0 Å². The van der Waals surface area contributed by atoms with E-state index < -0.39 is 36.0 Å². The Balaban J connectivity index is 3.04. The lowest BCUT2D eigenvalue weighted by Crippen LogP contribution is -2.34. The first-order valence-corrected chi connectivity index (χ1v) is 6.83. The maximum atomic E-state index is 12.6. The molecule has 2 nitrogen and oxygen atoms in total. The van der Waals surface area contributed by atoms with Crippen molar-refractivity contribution in [3.8, 4) is 0 Å². The van der Waals surface area contributed by atoms with Gasteiger partial charge < -0.3 is 0 Å². The molecule has 0 N–H and O–H groups in total. The summed E-state index contributed by atoms with van der Waals surface area (Å²) in [4.78, 5) is -0.603. The Bertz CT molecular complexity index is 480. The van der Waals surface area contributed by atoms with E-state index in [0.717, 1.165) is 12.1 Å². The van der Waals surface area contributed by atoms with E-state index in [0.29, 0.717) is 0 Å². The average Bonchev–Trinajstić information content (AvgIpc) is 2.15. The van der Waals surface area contributed by atoms with Crippen LogP contribution in [0.2, 0.25) is 0 Å². The first-order valence-electron chi connectivity index (χ1n) is 4.01. The van der Waals surface area contributed by atoms with Crippen molar-refractivity contribution in [1.29, 1.82) is 0 Å². The molecule has 1 aromatic rings. The van der Waals surface area contributed by atoms with Crippen LogP contribution >= 0.6 is 10.8 Å². The SMILES string of the molecule is O=S(=O)(SC(F)(F)C(F)(F)F)c1ccccc1. The van der Waals surface area contributed by atoms with Crippen molar-refractivity contribution >= 4 is 19.7 Å². The summed E-state index contributed by atoms with van der Waals surface area (Å²) >= 11 is 0. The van der Waals surface area contributed by atoms with Crippen molar-refractivity contribution in [3.05, 3.63) is 30.3 Å². The molecule has 0 fully saturated rings. The van der Waals surface area contributed by atoms with Crippen molar-refractivity contribution in [2.75, 3.05) is 0 Å². The number of halogens is 5. The van der Waals surface area contributed by atoms with Gasteiger partial charge in [-0.1, -0.05) is 18.2 Å². The minimum Gasteiger partial charge on any atom is -0.212 e. The van der Waals surface area contributed by atoms with E-state index in [2.05, 4.69) is 0 Å². The van der Waals surface area contributed by atoms with Crippen molar-refractivity contribution in [2.24, 2.45) is 0 Å². The molecular formula is C8H5F5O2S2. The lowest BCUT2D eigenvalue weighted by molar-refractivity contribution is -0.237. The van der Waals surface area contributed by atoms with Gasteiger partial charge in [-0.15, -0.1) is 0 Å². The fourth-order valence-electron chi connectivity index (χ4n) is 0.820. The number of hydrogen-bond donors (Lipinski definition) is 0. The zero-order valence-corrected chi connectivity index (χ0v) is 9.54. The minimum absolute atomic E-state index is 0.603. The molecule has 0 saturated heterocycles. The Morgan fingerprint density at radius 1 is 0.941 bits per heavy atom. The quantitative estimate of drug-likeness (QED) is 0.633. The molecule has 17 heavy (non-hydrogen) atoms. The monoisotopic (exact) mass is 292 g/mol. The van der Waals surface area contributed by atoms with Crippen molar-refractivity contribution < 1.29 is 30.4 Å². The van der Waals surface area contributed by atoms with Gasteiger partial charge >= 0.3 is 11.4 Å². The molecular weight excluding hydrogens is 287 g/mol. The van der Waals surface area contributed by atoms with Crippen LogP contribution in [0.4, 0.5) is 22.0 Å². The smallest absolute Gasteiger partial charge is 0.212 e. The summed E-state index contributed by atoms with van der Waals surface area (Å²) in [6.07, 6.45) is -5.92. The Morgan fingerprint density at radius 2 is 1.41 bits per heavy atom. The first-order chi connectivity index (χ1) is 7.56. The second kappa shape index (κ2) is 4.45. The van der Waals surface area contributed by atoms with Crippen LogP contribution in [0.3, 0.4) is 0 Å². The van der Waals surface area contributed by atoms with E-state index in [4.69, 9.17) is 0 Å². The van der Waals surface area contributed by atoms with Gasteiger partial charge in [0.05, 0.1) is 15.7 Å². The van der Waals surface area contributed by atoms with Crippen LogP contribution in [0.5, 0.6) is 0 Å². The van der Waals surface area contributed by atoms with Crippen LogP contribution in [0.15, 0.2) is 35.2 Å². The van der Waals surface area contributed by atoms with Gasteiger partial charge in [-0.05, 0) is 12.1 Å². The summed E-state index contributed by atoms with van der Waals surface area (Å²) in [6.45, 7) is 0. The van der Waals surface area contributed by atoms with Gasteiger partial charge in [0.1, 0.15) is 0 Å². The van der Waals surface area contributed by atoms with Gasteiger partial charge in [-0.2, -0.15) is 22.0 Å². The highest BCUT2D eigenvalue weighted by Gasteiger charge is 2.61. The van der Waals surface area contributed by atoms with Crippen LogP contribution in [0.1, 0.15) is 0 Å². The predicted molar refractivity (Wildman–Crippen MR) is 52.2 cm³/mol. The zero-order valence-electron chi connectivity index (χ0n) is 7.91. The summed E-state index contributed by atoms with van der Waals surface area (Å²) in [5.41, 5.74) is 0. The maximum Gasteiger partial charge on any atom is 0.465 e. The van der Waals surface area contributed by atoms with E-state index in [1.54, 1.807) is 0 Å². The zero-order chi connectivity index (χ0) is 13.3. The normalized spacial score (nSPS) is 13.7. The van der Waals surface area contributed by atoms with Crippen molar-refractivity contribution in [1.82, 2.24) is 0 Å². The third-order valence-corrected chi connectivity index (χ3v) is 4.95. The topological polar surface area (TPSA) is 34.1 Å². The van der Waals surface area contributed by atoms with Crippen LogP contribution in [-0.4, -0.2) is 19.8 Å². The summed E-state index contributed by atoms with van der Waals surface area (Å²) < 4.78 is 83.2. The van der Waals surface area contributed by atoms with Crippen LogP contribution in [-0.2, 0) is 8.87 Å². The van der Waals surface area contributed by atoms with Gasteiger partial charge in [-0.25, -0.2) is 8.42 Å². The number of alkyl halides is 5. The molecule has 0 aliphatic heterocycles. The second-order valence-electron chi connectivity index (χ2n) is 2.87. The molecule has 0 unspecified atom stereocenters.